The molecule has 1 amide bonds. The van der Waals surface area contributed by atoms with Crippen molar-refractivity contribution in [1.29, 1.82) is 0 Å². The van der Waals surface area contributed by atoms with Crippen LogP contribution in [0.15, 0.2) is 79.3 Å². The van der Waals surface area contributed by atoms with E-state index in [1.54, 1.807) is 49.4 Å². The Hall–Kier alpha value is -4.13. The second-order valence-corrected chi connectivity index (χ2v) is 7.23. The maximum Gasteiger partial charge on any atom is 0.257 e. The fourth-order valence-electron chi connectivity index (χ4n) is 3.57. The topological polar surface area (TPSA) is 69.5 Å². The first-order chi connectivity index (χ1) is 15.6. The zero-order chi connectivity index (χ0) is 22.5. The minimum atomic E-state index is -0.157. The molecule has 4 rings (SSSR count). The third kappa shape index (κ3) is 4.18. The van der Waals surface area contributed by atoms with E-state index in [0.29, 0.717) is 29.3 Å². The van der Waals surface area contributed by atoms with E-state index < -0.39 is 0 Å². The van der Waals surface area contributed by atoms with Gasteiger partial charge in [0.1, 0.15) is 5.69 Å². The highest BCUT2D eigenvalue weighted by atomic mass is 16.5. The Kier molecular flexibility index (Phi) is 6.17. The first-order valence-corrected chi connectivity index (χ1v) is 10.1. The van der Waals surface area contributed by atoms with Crippen LogP contribution in [0.2, 0.25) is 0 Å². The first kappa shape index (κ1) is 21.1. The van der Waals surface area contributed by atoms with Crippen molar-refractivity contribution >= 4 is 5.91 Å². The molecular formula is C25H24N4O3. The van der Waals surface area contributed by atoms with Gasteiger partial charge in [0, 0.05) is 43.3 Å². The predicted molar refractivity (Wildman–Crippen MR) is 122 cm³/mol. The summed E-state index contributed by atoms with van der Waals surface area (Å²) in [6.45, 7) is 0.349. The Balaban J connectivity index is 1.71. The van der Waals surface area contributed by atoms with E-state index in [1.807, 2.05) is 60.7 Å². The number of amides is 1. The van der Waals surface area contributed by atoms with Crippen LogP contribution in [0.3, 0.4) is 0 Å². The predicted octanol–water partition coefficient (Wildman–Crippen LogP) is 4.22. The molecule has 0 radical (unpaired) electrons. The highest BCUT2D eigenvalue weighted by Crippen LogP contribution is 2.32. The van der Waals surface area contributed by atoms with Crippen molar-refractivity contribution in [3.05, 3.63) is 90.4 Å². The van der Waals surface area contributed by atoms with Crippen LogP contribution < -0.4 is 9.47 Å². The summed E-state index contributed by atoms with van der Waals surface area (Å²) in [5, 5.41) is 4.71. The van der Waals surface area contributed by atoms with Crippen LogP contribution in [0.1, 0.15) is 15.9 Å². The number of rotatable bonds is 7. The number of hydrogen-bond donors (Lipinski definition) is 0. The van der Waals surface area contributed by atoms with Gasteiger partial charge in [0.2, 0.25) is 0 Å². The molecule has 7 heteroatoms. The summed E-state index contributed by atoms with van der Waals surface area (Å²) in [6.07, 6.45) is 5.17. The standard InChI is InChI=1S/C25H24N4O3/c1-28(16-19-9-7-13-22(31-2)24(19)32-3)25(30)21-17-29(20-11-5-4-6-12-20)27-23(21)18-10-8-14-26-15-18/h4-15,17H,16H2,1-3H3. The zero-order valence-corrected chi connectivity index (χ0v) is 18.2. The van der Waals surface area contributed by atoms with Crippen LogP contribution in [0.25, 0.3) is 16.9 Å². The molecule has 7 nitrogen and oxygen atoms in total. The summed E-state index contributed by atoms with van der Waals surface area (Å²) < 4.78 is 12.6. The average Bonchev–Trinajstić information content (AvgIpc) is 3.30. The normalized spacial score (nSPS) is 10.6. The van der Waals surface area contributed by atoms with Crippen LogP contribution in [0.5, 0.6) is 11.5 Å². The number of para-hydroxylation sites is 2. The van der Waals surface area contributed by atoms with Gasteiger partial charge in [0.25, 0.3) is 5.91 Å². The fraction of sp³-hybridized carbons (Fsp3) is 0.160. The molecule has 0 spiro atoms. The van der Waals surface area contributed by atoms with Gasteiger partial charge in [-0.25, -0.2) is 4.68 Å². The summed E-state index contributed by atoms with van der Waals surface area (Å²) >= 11 is 0. The second-order valence-electron chi connectivity index (χ2n) is 7.23. The Morgan fingerprint density at radius 1 is 1.00 bits per heavy atom. The van der Waals surface area contributed by atoms with Gasteiger partial charge in [-0.2, -0.15) is 5.10 Å². The monoisotopic (exact) mass is 428 g/mol. The fourth-order valence-corrected chi connectivity index (χ4v) is 3.57. The molecule has 4 aromatic rings. The molecule has 0 aliphatic rings. The van der Waals surface area contributed by atoms with E-state index in [4.69, 9.17) is 14.6 Å². The van der Waals surface area contributed by atoms with Crippen molar-refractivity contribution in [2.24, 2.45) is 0 Å². The summed E-state index contributed by atoms with van der Waals surface area (Å²) in [5.74, 6) is 1.08. The lowest BCUT2D eigenvalue weighted by atomic mass is 10.1. The summed E-state index contributed by atoms with van der Waals surface area (Å²) in [7, 11) is 4.94. The van der Waals surface area contributed by atoms with Crippen LogP contribution in [-0.4, -0.2) is 46.8 Å². The van der Waals surface area contributed by atoms with Gasteiger partial charge in [-0.15, -0.1) is 0 Å². The van der Waals surface area contributed by atoms with Crippen LogP contribution in [0, 0.1) is 0 Å². The maximum atomic E-state index is 13.5. The van der Waals surface area contributed by atoms with Crippen molar-refractivity contribution in [3.63, 3.8) is 0 Å². The summed E-state index contributed by atoms with van der Waals surface area (Å²) in [4.78, 5) is 19.4. The SMILES string of the molecule is COc1cccc(CN(C)C(=O)c2cn(-c3ccccc3)nc2-c2cccnc2)c1OC. The molecule has 0 saturated heterocycles. The number of methoxy groups -OCH3 is 2. The minimum absolute atomic E-state index is 0.157. The summed E-state index contributed by atoms with van der Waals surface area (Å²) in [5.41, 5.74) is 3.57. The van der Waals surface area contributed by atoms with Gasteiger partial charge >= 0.3 is 0 Å². The van der Waals surface area contributed by atoms with Gasteiger partial charge in [-0.1, -0.05) is 30.3 Å². The van der Waals surface area contributed by atoms with Crippen LogP contribution >= 0.6 is 0 Å². The molecule has 162 valence electrons. The molecule has 0 saturated carbocycles. The highest BCUT2D eigenvalue weighted by molar-refractivity contribution is 5.99. The van der Waals surface area contributed by atoms with Gasteiger partial charge < -0.3 is 14.4 Å². The molecule has 2 aromatic carbocycles. The Bertz CT molecular complexity index is 1210. The largest absolute Gasteiger partial charge is 0.493 e. The number of pyridine rings is 1. The van der Waals surface area contributed by atoms with Crippen molar-refractivity contribution in [2.75, 3.05) is 21.3 Å². The number of benzene rings is 2. The van der Waals surface area contributed by atoms with E-state index in [1.165, 1.54) is 0 Å². The van der Waals surface area contributed by atoms with Crippen LogP contribution in [0.4, 0.5) is 0 Å². The van der Waals surface area contributed by atoms with Crippen molar-refractivity contribution in [1.82, 2.24) is 19.7 Å². The first-order valence-electron chi connectivity index (χ1n) is 10.1. The van der Waals surface area contributed by atoms with Crippen molar-refractivity contribution in [3.8, 4) is 28.4 Å². The number of carbonyl (C=O) groups is 1. The molecule has 0 atom stereocenters. The molecule has 0 N–H and O–H groups in total. The van der Waals surface area contributed by atoms with E-state index in [2.05, 4.69) is 4.98 Å². The maximum absolute atomic E-state index is 13.5. The third-order valence-electron chi connectivity index (χ3n) is 5.14. The molecule has 0 fully saturated rings. The number of ether oxygens (including phenoxy) is 2. The number of carbonyl (C=O) groups excluding carboxylic acids is 1. The highest BCUT2D eigenvalue weighted by Gasteiger charge is 2.23. The van der Waals surface area contributed by atoms with Gasteiger partial charge in [-0.3, -0.25) is 9.78 Å². The van der Waals surface area contributed by atoms with E-state index in [9.17, 15) is 4.79 Å². The molecule has 2 heterocycles. The van der Waals surface area contributed by atoms with Gasteiger partial charge in [-0.05, 0) is 30.3 Å². The zero-order valence-electron chi connectivity index (χ0n) is 18.2. The number of hydrogen-bond acceptors (Lipinski definition) is 5. The molecule has 2 aromatic heterocycles. The smallest absolute Gasteiger partial charge is 0.257 e. The van der Waals surface area contributed by atoms with E-state index >= 15 is 0 Å². The van der Waals surface area contributed by atoms with E-state index in [-0.39, 0.29) is 5.91 Å². The van der Waals surface area contributed by atoms with Crippen molar-refractivity contribution in [2.45, 2.75) is 6.54 Å². The molecule has 0 bridgehead atoms. The molecule has 0 aliphatic heterocycles. The van der Waals surface area contributed by atoms with Crippen molar-refractivity contribution < 1.29 is 14.3 Å². The lowest BCUT2D eigenvalue weighted by molar-refractivity contribution is 0.0784. The Morgan fingerprint density at radius 3 is 2.50 bits per heavy atom. The molecule has 0 unspecified atom stereocenters. The number of aromatic nitrogens is 3. The minimum Gasteiger partial charge on any atom is -0.493 e. The third-order valence-corrected chi connectivity index (χ3v) is 5.14. The summed E-state index contributed by atoms with van der Waals surface area (Å²) in [6, 6.07) is 19.0. The second kappa shape index (κ2) is 9.34. The Labute approximate surface area is 186 Å². The molecule has 0 aliphatic carbocycles. The lowest BCUT2D eigenvalue weighted by Crippen LogP contribution is -2.26. The van der Waals surface area contributed by atoms with Gasteiger partial charge in [0.15, 0.2) is 11.5 Å². The molecular weight excluding hydrogens is 404 g/mol. The van der Waals surface area contributed by atoms with Crippen LogP contribution in [-0.2, 0) is 6.54 Å². The number of nitrogens with zero attached hydrogens (tertiary/aromatic N) is 4. The quantitative estimate of drug-likeness (QED) is 0.441. The van der Waals surface area contributed by atoms with Gasteiger partial charge in [0.05, 0.1) is 25.5 Å². The Morgan fingerprint density at radius 2 is 1.81 bits per heavy atom. The molecule has 32 heavy (non-hydrogen) atoms. The van der Waals surface area contributed by atoms with E-state index in [0.717, 1.165) is 16.8 Å². The average molecular weight is 428 g/mol. The lowest BCUT2D eigenvalue weighted by Gasteiger charge is -2.20.